The molecule has 0 radical (unpaired) electrons. The number of nitrogens with two attached hydrogens (primary N) is 1. The SMILES string of the molecule is Cc1ccc(CN(/C=N/c2ccc(OC(C)C)cc2)C(=O)N(CC(=O)N[C@@H](C)C(=O)O)C(N)=O)cc1. The van der Waals surface area contributed by atoms with Crippen LogP contribution in [-0.4, -0.2) is 63.9 Å². The molecule has 0 fully saturated rings. The summed E-state index contributed by atoms with van der Waals surface area (Å²) in [6.45, 7) is 6.28. The van der Waals surface area contributed by atoms with Gasteiger partial charge in [-0.3, -0.25) is 14.5 Å². The van der Waals surface area contributed by atoms with Crippen molar-refractivity contribution < 1.29 is 29.0 Å². The number of nitrogens with zero attached hydrogens (tertiary/aromatic N) is 3. The molecule has 0 bridgehead atoms. The summed E-state index contributed by atoms with van der Waals surface area (Å²) < 4.78 is 5.61. The highest BCUT2D eigenvalue weighted by atomic mass is 16.5. The van der Waals surface area contributed by atoms with Crippen LogP contribution in [0.15, 0.2) is 53.5 Å². The molecular weight excluding hydrogens is 466 g/mol. The van der Waals surface area contributed by atoms with Crippen molar-refractivity contribution in [2.24, 2.45) is 10.7 Å². The molecule has 5 amide bonds. The summed E-state index contributed by atoms with van der Waals surface area (Å²) in [5.74, 6) is -1.46. The minimum atomic E-state index is -1.27. The van der Waals surface area contributed by atoms with Crippen LogP contribution in [0.5, 0.6) is 5.75 Å². The van der Waals surface area contributed by atoms with E-state index < -0.39 is 36.5 Å². The number of imide groups is 1. The summed E-state index contributed by atoms with van der Waals surface area (Å²) >= 11 is 0. The van der Waals surface area contributed by atoms with E-state index in [1.54, 1.807) is 24.3 Å². The third-order valence-corrected chi connectivity index (χ3v) is 4.82. The molecular formula is C25H31N5O6. The van der Waals surface area contributed by atoms with Gasteiger partial charge in [-0.05, 0) is 57.5 Å². The molecule has 1 atom stereocenters. The lowest BCUT2D eigenvalue weighted by Crippen LogP contribution is -2.53. The highest BCUT2D eigenvalue weighted by Crippen LogP contribution is 2.19. The van der Waals surface area contributed by atoms with Gasteiger partial charge in [0.25, 0.3) is 0 Å². The molecule has 0 saturated heterocycles. The lowest BCUT2D eigenvalue weighted by molar-refractivity contribution is -0.141. The zero-order chi connectivity index (χ0) is 26.8. The standard InChI is InChI=1S/C25H31N5O6/c1-16(2)36-21-11-9-20(10-12-21)27-15-29(13-19-7-5-17(3)6-8-19)25(35)30(24(26)34)14-22(31)28-18(4)23(32)33/h5-12,15-16,18H,13-14H2,1-4H3,(H2,26,34)(H,28,31)(H,32,33)/b27-15+/t18-/m0/s1. The highest BCUT2D eigenvalue weighted by Gasteiger charge is 2.28. The van der Waals surface area contributed by atoms with Gasteiger partial charge in [0.15, 0.2) is 0 Å². The number of carbonyl (C=O) groups excluding carboxylic acids is 3. The first-order chi connectivity index (χ1) is 17.0. The van der Waals surface area contributed by atoms with Crippen molar-refractivity contribution in [3.05, 3.63) is 59.7 Å². The first-order valence-electron chi connectivity index (χ1n) is 11.2. The maximum atomic E-state index is 13.3. The number of aliphatic imine (C=N–C) groups is 1. The Labute approximate surface area is 209 Å². The van der Waals surface area contributed by atoms with Crippen molar-refractivity contribution in [3.8, 4) is 5.75 Å². The van der Waals surface area contributed by atoms with Crippen LogP contribution in [0.1, 0.15) is 31.9 Å². The van der Waals surface area contributed by atoms with E-state index in [0.717, 1.165) is 16.0 Å². The lowest BCUT2D eigenvalue weighted by Gasteiger charge is -2.25. The smallest absolute Gasteiger partial charge is 0.334 e. The van der Waals surface area contributed by atoms with Crippen LogP contribution in [0.25, 0.3) is 0 Å². The van der Waals surface area contributed by atoms with Crippen LogP contribution in [0.4, 0.5) is 15.3 Å². The first-order valence-corrected chi connectivity index (χ1v) is 11.2. The van der Waals surface area contributed by atoms with Gasteiger partial charge in [-0.15, -0.1) is 0 Å². The number of rotatable bonds is 10. The number of benzene rings is 2. The first kappa shape index (κ1) is 27.8. The topological polar surface area (TPSA) is 155 Å². The second-order valence-corrected chi connectivity index (χ2v) is 8.35. The maximum Gasteiger partial charge on any atom is 0.334 e. The lowest BCUT2D eigenvalue weighted by atomic mass is 10.1. The number of ether oxygens (including phenoxy) is 1. The predicted octanol–water partition coefficient (Wildman–Crippen LogP) is 3.03. The van der Waals surface area contributed by atoms with Gasteiger partial charge in [0.2, 0.25) is 5.91 Å². The van der Waals surface area contributed by atoms with Crippen LogP contribution in [-0.2, 0) is 16.1 Å². The molecule has 2 aromatic rings. The van der Waals surface area contributed by atoms with Gasteiger partial charge >= 0.3 is 18.0 Å². The average Bonchev–Trinajstić information content (AvgIpc) is 2.81. The van der Waals surface area contributed by atoms with E-state index in [1.807, 2.05) is 45.0 Å². The number of primary amides is 1. The summed E-state index contributed by atoms with van der Waals surface area (Å²) in [6, 6.07) is 11.0. The van der Waals surface area contributed by atoms with Crippen LogP contribution in [0.2, 0.25) is 0 Å². The fraction of sp³-hybridized carbons (Fsp3) is 0.320. The number of urea groups is 2. The van der Waals surface area contributed by atoms with E-state index in [4.69, 9.17) is 15.6 Å². The summed E-state index contributed by atoms with van der Waals surface area (Å²) in [6.07, 6.45) is 1.26. The molecule has 0 saturated carbocycles. The van der Waals surface area contributed by atoms with Crippen LogP contribution >= 0.6 is 0 Å². The van der Waals surface area contributed by atoms with E-state index in [2.05, 4.69) is 10.3 Å². The van der Waals surface area contributed by atoms with Gasteiger partial charge < -0.3 is 20.9 Å². The van der Waals surface area contributed by atoms with Crippen LogP contribution in [0.3, 0.4) is 0 Å². The molecule has 2 aromatic carbocycles. The molecule has 0 aliphatic heterocycles. The second kappa shape index (κ2) is 12.9. The van der Waals surface area contributed by atoms with E-state index in [-0.39, 0.29) is 12.6 Å². The van der Waals surface area contributed by atoms with E-state index in [9.17, 15) is 19.2 Å². The molecule has 36 heavy (non-hydrogen) atoms. The Bertz CT molecular complexity index is 1100. The molecule has 0 aromatic heterocycles. The van der Waals surface area contributed by atoms with E-state index in [1.165, 1.54) is 13.3 Å². The molecule has 2 rings (SSSR count). The van der Waals surface area contributed by atoms with E-state index >= 15 is 0 Å². The van der Waals surface area contributed by atoms with Gasteiger partial charge in [0, 0.05) is 0 Å². The highest BCUT2D eigenvalue weighted by molar-refractivity contribution is 6.01. The van der Waals surface area contributed by atoms with Crippen molar-refractivity contribution in [1.82, 2.24) is 15.1 Å². The number of aryl methyl sites for hydroxylation is 1. The minimum Gasteiger partial charge on any atom is -0.491 e. The van der Waals surface area contributed by atoms with Crippen LogP contribution in [0, 0.1) is 6.92 Å². The van der Waals surface area contributed by atoms with Crippen molar-refractivity contribution in [2.75, 3.05) is 6.54 Å². The quantitative estimate of drug-likeness (QED) is 0.339. The number of amides is 5. The Morgan fingerprint density at radius 2 is 1.67 bits per heavy atom. The molecule has 0 unspecified atom stereocenters. The Morgan fingerprint density at radius 3 is 2.19 bits per heavy atom. The summed E-state index contributed by atoms with van der Waals surface area (Å²) in [5.41, 5.74) is 7.67. The van der Waals surface area contributed by atoms with Crippen molar-refractivity contribution in [2.45, 2.75) is 46.4 Å². The summed E-state index contributed by atoms with van der Waals surface area (Å²) in [5, 5.41) is 11.2. The molecule has 0 aliphatic rings. The van der Waals surface area contributed by atoms with Gasteiger partial charge in [-0.2, -0.15) is 0 Å². The second-order valence-electron chi connectivity index (χ2n) is 8.35. The summed E-state index contributed by atoms with van der Waals surface area (Å²) in [4.78, 5) is 54.5. The van der Waals surface area contributed by atoms with Crippen LogP contribution < -0.4 is 15.8 Å². The molecule has 0 heterocycles. The Morgan fingerprint density at radius 1 is 1.06 bits per heavy atom. The number of nitrogens with one attached hydrogen (secondary N) is 1. The number of hydrogen-bond donors (Lipinski definition) is 3. The maximum absolute atomic E-state index is 13.3. The number of carbonyl (C=O) groups is 4. The Kier molecular flexibility index (Phi) is 9.96. The molecule has 0 spiro atoms. The van der Waals surface area contributed by atoms with Crippen molar-refractivity contribution in [1.29, 1.82) is 0 Å². The van der Waals surface area contributed by atoms with Gasteiger partial charge in [0.1, 0.15) is 18.3 Å². The third kappa shape index (κ3) is 8.75. The largest absolute Gasteiger partial charge is 0.491 e. The Hall–Kier alpha value is -4.41. The fourth-order valence-electron chi connectivity index (χ4n) is 2.95. The summed E-state index contributed by atoms with van der Waals surface area (Å²) in [7, 11) is 0. The normalized spacial score (nSPS) is 11.7. The molecule has 4 N–H and O–H groups in total. The van der Waals surface area contributed by atoms with Crippen molar-refractivity contribution in [3.63, 3.8) is 0 Å². The number of carboxylic acids is 1. The third-order valence-electron chi connectivity index (χ3n) is 4.82. The van der Waals surface area contributed by atoms with Gasteiger partial charge in [-0.25, -0.2) is 19.5 Å². The Balaban J connectivity index is 2.28. The molecule has 192 valence electrons. The molecule has 11 nitrogen and oxygen atoms in total. The zero-order valence-electron chi connectivity index (χ0n) is 20.7. The minimum absolute atomic E-state index is 0.0115. The number of aliphatic carboxylic acids is 1. The molecule has 11 heteroatoms. The number of carboxylic acid groups (broad SMARTS) is 1. The molecule has 0 aliphatic carbocycles. The zero-order valence-corrected chi connectivity index (χ0v) is 20.7. The fourth-order valence-corrected chi connectivity index (χ4v) is 2.95. The van der Waals surface area contributed by atoms with Gasteiger partial charge in [-0.1, -0.05) is 29.8 Å². The average molecular weight is 498 g/mol. The monoisotopic (exact) mass is 497 g/mol. The number of hydrogen-bond acceptors (Lipinski definition) is 6. The predicted molar refractivity (Wildman–Crippen MR) is 134 cm³/mol. The van der Waals surface area contributed by atoms with Gasteiger partial charge in [0.05, 0.1) is 24.7 Å². The van der Waals surface area contributed by atoms with E-state index in [0.29, 0.717) is 16.3 Å². The van der Waals surface area contributed by atoms with Crippen molar-refractivity contribution >= 4 is 36.0 Å².